The summed E-state index contributed by atoms with van der Waals surface area (Å²) in [6.07, 6.45) is 2.73. The Morgan fingerprint density at radius 1 is 1.21 bits per heavy atom. The number of nitrogens with zero attached hydrogens (tertiary/aromatic N) is 3. The summed E-state index contributed by atoms with van der Waals surface area (Å²) >= 11 is 12.3. The Balaban J connectivity index is 1.38. The maximum atomic E-state index is 13.2. The van der Waals surface area contributed by atoms with Crippen molar-refractivity contribution in [2.45, 2.75) is 45.7 Å². The second kappa shape index (κ2) is 11.3. The first-order valence-corrected chi connectivity index (χ1v) is 12.5. The van der Waals surface area contributed by atoms with E-state index in [9.17, 15) is 4.79 Å². The molecule has 0 bridgehead atoms. The summed E-state index contributed by atoms with van der Waals surface area (Å²) in [5.41, 5.74) is 1.82. The van der Waals surface area contributed by atoms with Crippen molar-refractivity contribution in [3.8, 4) is 11.4 Å². The molecule has 2 unspecified atom stereocenters. The number of amides is 1. The molecule has 1 saturated heterocycles. The van der Waals surface area contributed by atoms with E-state index >= 15 is 0 Å². The van der Waals surface area contributed by atoms with Crippen molar-refractivity contribution in [1.82, 2.24) is 20.4 Å². The standard InChI is InChI=1S/C26H30Cl2N4O2/c1-17(2)13-23(18-7-4-3-5-8-18)29-26(33)19-9-6-12-32(15-19)16-24-30-25(31-34-24)21-11-10-20(27)14-22(21)28/h3-5,7-8,10-11,14,17,19,23H,6,9,12-13,15-16H2,1-2H3,(H,29,33). The maximum Gasteiger partial charge on any atom is 0.241 e. The van der Waals surface area contributed by atoms with Gasteiger partial charge in [0.15, 0.2) is 0 Å². The van der Waals surface area contributed by atoms with E-state index in [1.807, 2.05) is 18.2 Å². The molecule has 3 aromatic rings. The minimum atomic E-state index is -0.0692. The quantitative estimate of drug-likeness (QED) is 0.400. The molecule has 2 heterocycles. The Morgan fingerprint density at radius 2 is 2.00 bits per heavy atom. The molecule has 4 rings (SSSR count). The lowest BCUT2D eigenvalue weighted by Crippen LogP contribution is -2.43. The average Bonchev–Trinajstić information content (AvgIpc) is 3.27. The van der Waals surface area contributed by atoms with Crippen LogP contribution < -0.4 is 5.32 Å². The van der Waals surface area contributed by atoms with Crippen LogP contribution in [0.5, 0.6) is 0 Å². The Hall–Kier alpha value is -2.41. The fraction of sp³-hybridized carbons (Fsp3) is 0.423. The van der Waals surface area contributed by atoms with Gasteiger partial charge in [-0.25, -0.2) is 0 Å². The van der Waals surface area contributed by atoms with Crippen LogP contribution in [0.2, 0.25) is 10.0 Å². The van der Waals surface area contributed by atoms with Crippen molar-refractivity contribution in [1.29, 1.82) is 0 Å². The Morgan fingerprint density at radius 3 is 2.74 bits per heavy atom. The van der Waals surface area contributed by atoms with Crippen LogP contribution in [0.3, 0.4) is 0 Å². The van der Waals surface area contributed by atoms with Crippen LogP contribution in [0.1, 0.15) is 50.6 Å². The van der Waals surface area contributed by atoms with Crippen molar-refractivity contribution >= 4 is 29.1 Å². The molecule has 0 radical (unpaired) electrons. The van der Waals surface area contributed by atoms with Gasteiger partial charge in [-0.05, 0) is 55.5 Å². The minimum Gasteiger partial charge on any atom is -0.349 e. The van der Waals surface area contributed by atoms with Crippen molar-refractivity contribution in [2.24, 2.45) is 11.8 Å². The largest absolute Gasteiger partial charge is 0.349 e. The first-order chi connectivity index (χ1) is 16.4. The number of rotatable bonds is 8. The summed E-state index contributed by atoms with van der Waals surface area (Å²) in [6, 6.07) is 15.4. The van der Waals surface area contributed by atoms with E-state index < -0.39 is 0 Å². The molecule has 1 aromatic heterocycles. The molecule has 0 spiro atoms. The number of hydrogen-bond donors (Lipinski definition) is 1. The van der Waals surface area contributed by atoms with E-state index in [-0.39, 0.29) is 17.9 Å². The van der Waals surface area contributed by atoms with Gasteiger partial charge in [0.1, 0.15) is 0 Å². The number of nitrogens with one attached hydrogen (secondary N) is 1. The zero-order valence-electron chi connectivity index (χ0n) is 19.5. The summed E-state index contributed by atoms with van der Waals surface area (Å²) in [6.45, 7) is 6.41. The number of carbonyl (C=O) groups is 1. The molecule has 8 heteroatoms. The third-order valence-electron chi connectivity index (χ3n) is 6.10. The first-order valence-electron chi connectivity index (χ1n) is 11.7. The van der Waals surface area contributed by atoms with Crippen LogP contribution >= 0.6 is 23.2 Å². The molecule has 2 aromatic carbocycles. The van der Waals surface area contributed by atoms with Gasteiger partial charge in [0.2, 0.25) is 17.6 Å². The molecule has 6 nitrogen and oxygen atoms in total. The van der Waals surface area contributed by atoms with Gasteiger partial charge < -0.3 is 9.84 Å². The highest BCUT2D eigenvalue weighted by Crippen LogP contribution is 2.29. The molecule has 0 saturated carbocycles. The molecule has 0 aliphatic carbocycles. The van der Waals surface area contributed by atoms with Crippen LogP contribution in [-0.2, 0) is 11.3 Å². The van der Waals surface area contributed by atoms with Crippen molar-refractivity contribution in [2.75, 3.05) is 13.1 Å². The molecular weight excluding hydrogens is 471 g/mol. The normalized spacial score (nSPS) is 17.6. The van der Waals surface area contributed by atoms with E-state index in [0.717, 1.165) is 31.4 Å². The predicted octanol–water partition coefficient (Wildman–Crippen LogP) is 6.16. The highest BCUT2D eigenvalue weighted by molar-refractivity contribution is 6.36. The number of carbonyl (C=O) groups excluding carboxylic acids is 1. The van der Waals surface area contributed by atoms with Crippen molar-refractivity contribution in [3.05, 3.63) is 70.0 Å². The highest BCUT2D eigenvalue weighted by Gasteiger charge is 2.29. The lowest BCUT2D eigenvalue weighted by Gasteiger charge is -2.32. The summed E-state index contributed by atoms with van der Waals surface area (Å²) in [5, 5.41) is 8.42. The third-order valence-corrected chi connectivity index (χ3v) is 6.65. The van der Waals surface area contributed by atoms with E-state index in [0.29, 0.717) is 46.3 Å². The number of aromatic nitrogens is 2. The molecule has 1 aliphatic rings. The van der Waals surface area contributed by atoms with E-state index in [2.05, 4.69) is 46.3 Å². The molecule has 180 valence electrons. The van der Waals surface area contributed by atoms with Gasteiger partial charge in [-0.15, -0.1) is 0 Å². The van der Waals surface area contributed by atoms with Crippen molar-refractivity contribution in [3.63, 3.8) is 0 Å². The Labute approximate surface area is 210 Å². The van der Waals surface area contributed by atoms with Gasteiger partial charge in [-0.2, -0.15) is 4.98 Å². The smallest absolute Gasteiger partial charge is 0.241 e. The van der Waals surface area contributed by atoms with Crippen molar-refractivity contribution < 1.29 is 9.32 Å². The lowest BCUT2D eigenvalue weighted by molar-refractivity contribution is -0.127. The van der Waals surface area contributed by atoms with Crippen LogP contribution in [-0.4, -0.2) is 34.0 Å². The minimum absolute atomic E-state index is 0.0201. The van der Waals surface area contributed by atoms with Gasteiger partial charge in [-0.3, -0.25) is 9.69 Å². The van der Waals surface area contributed by atoms with Crippen LogP contribution in [0, 0.1) is 11.8 Å². The zero-order chi connectivity index (χ0) is 24.1. The molecule has 1 amide bonds. The van der Waals surface area contributed by atoms with E-state index in [1.165, 1.54) is 0 Å². The molecular formula is C26H30Cl2N4O2. The summed E-state index contributed by atoms with van der Waals surface area (Å²) in [7, 11) is 0. The van der Waals surface area contributed by atoms with Crippen LogP contribution in [0.15, 0.2) is 53.1 Å². The molecule has 2 atom stereocenters. The van der Waals surface area contributed by atoms with Gasteiger partial charge in [0, 0.05) is 17.1 Å². The monoisotopic (exact) mass is 500 g/mol. The SMILES string of the molecule is CC(C)CC(NC(=O)C1CCCN(Cc2nc(-c3ccc(Cl)cc3Cl)no2)C1)c1ccccc1. The predicted molar refractivity (Wildman–Crippen MR) is 135 cm³/mol. The summed E-state index contributed by atoms with van der Waals surface area (Å²) in [5.74, 6) is 1.46. The number of hydrogen-bond acceptors (Lipinski definition) is 5. The van der Waals surface area contributed by atoms with Crippen LogP contribution in [0.4, 0.5) is 0 Å². The number of likely N-dealkylation sites (tertiary alicyclic amines) is 1. The molecule has 34 heavy (non-hydrogen) atoms. The summed E-state index contributed by atoms with van der Waals surface area (Å²) < 4.78 is 5.47. The van der Waals surface area contributed by atoms with Gasteiger partial charge in [0.25, 0.3) is 0 Å². The Kier molecular flexibility index (Phi) is 8.24. The molecule has 1 aliphatic heterocycles. The third kappa shape index (κ3) is 6.38. The fourth-order valence-corrected chi connectivity index (χ4v) is 4.92. The average molecular weight is 501 g/mol. The number of benzene rings is 2. The number of piperidine rings is 1. The summed E-state index contributed by atoms with van der Waals surface area (Å²) in [4.78, 5) is 19.9. The highest BCUT2D eigenvalue weighted by atomic mass is 35.5. The first kappa shape index (κ1) is 24.7. The van der Waals surface area contributed by atoms with E-state index in [4.69, 9.17) is 27.7 Å². The molecule has 1 N–H and O–H groups in total. The second-order valence-electron chi connectivity index (χ2n) is 9.31. The van der Waals surface area contributed by atoms with Gasteiger partial charge >= 0.3 is 0 Å². The number of halogens is 2. The zero-order valence-corrected chi connectivity index (χ0v) is 21.0. The van der Waals surface area contributed by atoms with Gasteiger partial charge in [-0.1, -0.05) is 72.5 Å². The maximum absolute atomic E-state index is 13.2. The second-order valence-corrected chi connectivity index (χ2v) is 10.2. The Bertz CT molecular complexity index is 1100. The topological polar surface area (TPSA) is 71.3 Å². The molecule has 1 fully saturated rings. The van der Waals surface area contributed by atoms with E-state index in [1.54, 1.807) is 18.2 Å². The fourth-order valence-electron chi connectivity index (χ4n) is 4.43. The van der Waals surface area contributed by atoms with Crippen LogP contribution in [0.25, 0.3) is 11.4 Å². The van der Waals surface area contributed by atoms with Gasteiger partial charge in [0.05, 0.1) is 23.5 Å². The lowest BCUT2D eigenvalue weighted by atomic mass is 9.93.